The van der Waals surface area contributed by atoms with Crippen LogP contribution in [0.4, 0.5) is 13.2 Å². The number of amides is 1. The van der Waals surface area contributed by atoms with E-state index in [1.165, 1.54) is 19.2 Å². The summed E-state index contributed by atoms with van der Waals surface area (Å²) in [6, 6.07) is 3.45. The first-order valence-corrected chi connectivity index (χ1v) is 7.24. The van der Waals surface area contributed by atoms with Crippen molar-refractivity contribution >= 4 is 11.9 Å². The van der Waals surface area contributed by atoms with Crippen LogP contribution in [0, 0.1) is 12.3 Å². The molecule has 0 aliphatic rings. The standard InChI is InChI=1S/C17H18F3NO3/c1-3-4-5-6-14(16(23)24-2)21-15(22)11-12-7-9-13(10-8-12)17(18,19)20/h1,7-10,14H,4-6,11H2,2H3,(H,21,22)/t14-/m0/s1. The van der Waals surface area contributed by atoms with Crippen molar-refractivity contribution in [3.63, 3.8) is 0 Å². The molecule has 1 amide bonds. The van der Waals surface area contributed by atoms with Crippen molar-refractivity contribution in [1.82, 2.24) is 5.32 Å². The number of carbonyl (C=O) groups excluding carboxylic acids is 2. The van der Waals surface area contributed by atoms with Crippen LogP contribution in [0.5, 0.6) is 0 Å². The van der Waals surface area contributed by atoms with Crippen molar-refractivity contribution in [1.29, 1.82) is 0 Å². The molecule has 0 radical (unpaired) electrons. The van der Waals surface area contributed by atoms with E-state index in [4.69, 9.17) is 6.42 Å². The van der Waals surface area contributed by atoms with Crippen LogP contribution in [0.25, 0.3) is 0 Å². The van der Waals surface area contributed by atoms with Gasteiger partial charge in [0.15, 0.2) is 0 Å². The van der Waals surface area contributed by atoms with Crippen molar-refractivity contribution in [2.75, 3.05) is 7.11 Å². The highest BCUT2D eigenvalue weighted by molar-refractivity contribution is 5.85. The molecule has 0 bridgehead atoms. The van der Waals surface area contributed by atoms with E-state index in [2.05, 4.69) is 16.0 Å². The Balaban J connectivity index is 2.65. The van der Waals surface area contributed by atoms with Gasteiger partial charge in [-0.25, -0.2) is 4.79 Å². The van der Waals surface area contributed by atoms with E-state index >= 15 is 0 Å². The molecular weight excluding hydrogens is 323 g/mol. The average Bonchev–Trinajstić information content (AvgIpc) is 2.53. The van der Waals surface area contributed by atoms with Gasteiger partial charge in [-0.3, -0.25) is 4.79 Å². The second-order valence-corrected chi connectivity index (χ2v) is 5.11. The van der Waals surface area contributed by atoms with Gasteiger partial charge in [-0.05, 0) is 30.5 Å². The lowest BCUT2D eigenvalue weighted by Gasteiger charge is -2.16. The Morgan fingerprint density at radius 2 is 1.92 bits per heavy atom. The summed E-state index contributed by atoms with van der Waals surface area (Å²) in [5.74, 6) is 1.36. The number of alkyl halides is 3. The molecule has 1 atom stereocenters. The van der Waals surface area contributed by atoms with Crippen molar-refractivity contribution in [2.45, 2.75) is 37.9 Å². The van der Waals surface area contributed by atoms with Crippen LogP contribution >= 0.6 is 0 Å². The first-order valence-electron chi connectivity index (χ1n) is 7.24. The van der Waals surface area contributed by atoms with Crippen molar-refractivity contribution in [3.8, 4) is 12.3 Å². The summed E-state index contributed by atoms with van der Waals surface area (Å²) in [6.45, 7) is 0. The number of benzene rings is 1. The zero-order valence-corrected chi connectivity index (χ0v) is 13.2. The van der Waals surface area contributed by atoms with Crippen LogP contribution in [0.2, 0.25) is 0 Å². The zero-order valence-electron chi connectivity index (χ0n) is 13.2. The molecule has 24 heavy (non-hydrogen) atoms. The maximum Gasteiger partial charge on any atom is 0.416 e. The lowest BCUT2D eigenvalue weighted by molar-refractivity contribution is -0.145. The highest BCUT2D eigenvalue weighted by Gasteiger charge is 2.30. The molecule has 0 aliphatic carbocycles. The van der Waals surface area contributed by atoms with Gasteiger partial charge in [0.25, 0.3) is 0 Å². The Kier molecular flexibility index (Phi) is 7.31. The number of esters is 1. The van der Waals surface area contributed by atoms with E-state index in [9.17, 15) is 22.8 Å². The third-order valence-electron chi connectivity index (χ3n) is 3.28. The minimum absolute atomic E-state index is 0.138. The molecule has 0 aromatic heterocycles. The Morgan fingerprint density at radius 3 is 2.42 bits per heavy atom. The second kappa shape index (κ2) is 8.96. The summed E-state index contributed by atoms with van der Waals surface area (Å²) in [5, 5.41) is 2.52. The molecule has 4 nitrogen and oxygen atoms in total. The predicted molar refractivity (Wildman–Crippen MR) is 81.8 cm³/mol. The largest absolute Gasteiger partial charge is 0.467 e. The van der Waals surface area contributed by atoms with E-state index in [1.54, 1.807) is 0 Å². The first-order chi connectivity index (χ1) is 11.3. The van der Waals surface area contributed by atoms with Crippen LogP contribution in [0.15, 0.2) is 24.3 Å². The van der Waals surface area contributed by atoms with E-state index < -0.39 is 29.7 Å². The molecule has 0 spiro atoms. The van der Waals surface area contributed by atoms with Gasteiger partial charge in [-0.15, -0.1) is 12.3 Å². The fraction of sp³-hybridized carbons (Fsp3) is 0.412. The molecule has 0 aliphatic heterocycles. The summed E-state index contributed by atoms with van der Waals surface area (Å²) in [4.78, 5) is 23.6. The van der Waals surface area contributed by atoms with Gasteiger partial charge >= 0.3 is 12.1 Å². The molecule has 0 heterocycles. The SMILES string of the molecule is C#CCCC[C@H](NC(=O)Cc1ccc(C(F)(F)F)cc1)C(=O)OC. The Bertz CT molecular complexity index is 603. The number of nitrogens with one attached hydrogen (secondary N) is 1. The highest BCUT2D eigenvalue weighted by atomic mass is 19.4. The van der Waals surface area contributed by atoms with Gasteiger partial charge in [0.05, 0.1) is 19.1 Å². The number of unbranched alkanes of at least 4 members (excludes halogenated alkanes) is 1. The van der Waals surface area contributed by atoms with Gasteiger partial charge in [-0.1, -0.05) is 12.1 Å². The quantitative estimate of drug-likeness (QED) is 0.471. The summed E-state index contributed by atoms with van der Waals surface area (Å²) in [7, 11) is 1.21. The van der Waals surface area contributed by atoms with Gasteiger partial charge in [0.2, 0.25) is 5.91 Å². The number of halogens is 3. The summed E-state index contributed by atoms with van der Waals surface area (Å²) in [6.07, 6.45) is 1.90. The predicted octanol–water partition coefficient (Wildman–Crippen LogP) is 2.71. The van der Waals surface area contributed by atoms with E-state index in [1.807, 2.05) is 0 Å². The normalized spacial score (nSPS) is 12.1. The maximum atomic E-state index is 12.5. The molecule has 1 N–H and O–H groups in total. The molecule has 1 aromatic rings. The monoisotopic (exact) mass is 341 g/mol. The minimum atomic E-state index is -4.42. The number of hydrogen-bond donors (Lipinski definition) is 1. The van der Waals surface area contributed by atoms with Gasteiger partial charge in [-0.2, -0.15) is 13.2 Å². The zero-order chi connectivity index (χ0) is 18.2. The lowest BCUT2D eigenvalue weighted by Crippen LogP contribution is -2.42. The van der Waals surface area contributed by atoms with Gasteiger partial charge in [0, 0.05) is 6.42 Å². The lowest BCUT2D eigenvalue weighted by atomic mass is 10.1. The van der Waals surface area contributed by atoms with Crippen LogP contribution in [-0.4, -0.2) is 25.0 Å². The maximum absolute atomic E-state index is 12.5. The van der Waals surface area contributed by atoms with Gasteiger partial charge < -0.3 is 10.1 Å². The summed E-state index contributed by atoms with van der Waals surface area (Å²) < 4.78 is 42.1. The Hall–Kier alpha value is -2.49. The molecule has 0 saturated heterocycles. The summed E-state index contributed by atoms with van der Waals surface area (Å²) >= 11 is 0. The molecule has 130 valence electrons. The van der Waals surface area contributed by atoms with Crippen LogP contribution in [0.3, 0.4) is 0 Å². The first kappa shape index (κ1) is 19.6. The smallest absolute Gasteiger partial charge is 0.416 e. The van der Waals surface area contributed by atoms with Crippen LogP contribution in [-0.2, 0) is 26.9 Å². The van der Waals surface area contributed by atoms with Crippen molar-refractivity contribution in [2.24, 2.45) is 0 Å². The highest BCUT2D eigenvalue weighted by Crippen LogP contribution is 2.29. The summed E-state index contributed by atoms with van der Waals surface area (Å²) in [5.41, 5.74) is -0.374. The molecule has 1 aromatic carbocycles. The number of methoxy groups -OCH3 is 1. The number of ether oxygens (including phenoxy) is 1. The molecule has 0 unspecified atom stereocenters. The van der Waals surface area contributed by atoms with Crippen LogP contribution in [0.1, 0.15) is 30.4 Å². The fourth-order valence-electron chi connectivity index (χ4n) is 2.04. The van der Waals surface area contributed by atoms with Gasteiger partial charge in [0.1, 0.15) is 6.04 Å². The number of rotatable bonds is 7. The fourth-order valence-corrected chi connectivity index (χ4v) is 2.04. The van der Waals surface area contributed by atoms with E-state index in [0.717, 1.165) is 12.1 Å². The van der Waals surface area contributed by atoms with E-state index in [-0.39, 0.29) is 6.42 Å². The Labute approximate surface area is 138 Å². The molecule has 0 saturated carbocycles. The number of terminal acetylenes is 1. The third-order valence-corrected chi connectivity index (χ3v) is 3.28. The molecule has 7 heteroatoms. The Morgan fingerprint density at radius 1 is 1.29 bits per heavy atom. The molecular formula is C17H18F3NO3. The molecule has 0 fully saturated rings. The topological polar surface area (TPSA) is 55.4 Å². The average molecular weight is 341 g/mol. The second-order valence-electron chi connectivity index (χ2n) is 5.11. The number of hydrogen-bond acceptors (Lipinski definition) is 3. The van der Waals surface area contributed by atoms with Crippen molar-refractivity contribution < 1.29 is 27.5 Å². The third kappa shape index (κ3) is 6.32. The minimum Gasteiger partial charge on any atom is -0.467 e. The molecule has 1 rings (SSSR count). The number of carbonyl (C=O) groups is 2. The van der Waals surface area contributed by atoms with E-state index in [0.29, 0.717) is 24.8 Å². The van der Waals surface area contributed by atoms with Crippen LogP contribution < -0.4 is 5.32 Å². The van der Waals surface area contributed by atoms with Crippen molar-refractivity contribution in [3.05, 3.63) is 35.4 Å².